The monoisotopic (exact) mass is 660 g/mol. The number of hydrogen-bond acceptors (Lipinski definition) is 4. The highest BCUT2D eigenvalue weighted by atomic mass is 35.5. The summed E-state index contributed by atoms with van der Waals surface area (Å²) in [5.41, 5.74) is 2.40. The quantitative estimate of drug-likeness (QED) is 0.0459. The minimum Gasteiger partial charge on any atom is -0.481 e. The molecule has 3 aromatic carbocycles. The Bertz CT molecular complexity index is 1360. The highest BCUT2D eigenvalue weighted by Gasteiger charge is 2.26. The second-order valence-electron chi connectivity index (χ2n) is 12.3. The first-order chi connectivity index (χ1) is 22.9. The van der Waals surface area contributed by atoms with Gasteiger partial charge in [0.15, 0.2) is 17.3 Å². The van der Waals surface area contributed by atoms with Crippen molar-refractivity contribution in [2.75, 3.05) is 10.6 Å². The number of rotatable bonds is 23. The van der Waals surface area contributed by atoms with Crippen LogP contribution in [0.1, 0.15) is 120 Å². The predicted molar refractivity (Wildman–Crippen MR) is 195 cm³/mol. The first-order valence-corrected chi connectivity index (χ1v) is 18.1. The van der Waals surface area contributed by atoms with Gasteiger partial charge in [-0.15, -0.1) is 11.6 Å². The van der Waals surface area contributed by atoms with Gasteiger partial charge < -0.3 is 15.4 Å². The molecule has 6 nitrogen and oxygen atoms in total. The number of benzene rings is 3. The Morgan fingerprint density at radius 1 is 0.638 bits per heavy atom. The highest BCUT2D eigenvalue weighted by molar-refractivity contribution is 6.45. The van der Waals surface area contributed by atoms with Gasteiger partial charge in [0.25, 0.3) is 5.91 Å². The Hall–Kier alpha value is -3.64. The summed E-state index contributed by atoms with van der Waals surface area (Å²) in [4.78, 5) is 38.6. The van der Waals surface area contributed by atoms with Gasteiger partial charge in [0.05, 0.1) is 0 Å². The van der Waals surface area contributed by atoms with Crippen molar-refractivity contribution in [1.29, 1.82) is 0 Å². The Morgan fingerprint density at radius 2 is 1.21 bits per heavy atom. The van der Waals surface area contributed by atoms with Crippen LogP contribution in [0.4, 0.5) is 11.4 Å². The van der Waals surface area contributed by atoms with E-state index in [0.717, 1.165) is 12.8 Å². The lowest BCUT2D eigenvalue weighted by molar-refractivity contribution is -0.122. The van der Waals surface area contributed by atoms with Crippen molar-refractivity contribution >= 4 is 40.6 Å². The van der Waals surface area contributed by atoms with E-state index >= 15 is 0 Å². The van der Waals surface area contributed by atoms with Gasteiger partial charge >= 0.3 is 0 Å². The molecular formula is C40H53ClN2O4. The van der Waals surface area contributed by atoms with Crippen molar-refractivity contribution in [3.8, 4) is 5.75 Å². The van der Waals surface area contributed by atoms with Crippen LogP contribution in [0, 0.1) is 0 Å². The molecule has 3 rings (SSSR count). The fourth-order valence-electron chi connectivity index (χ4n) is 5.57. The molecule has 0 bridgehead atoms. The molecule has 2 unspecified atom stereocenters. The Balaban J connectivity index is 1.40. The lowest BCUT2D eigenvalue weighted by atomic mass is 10.0. The SMILES string of the molecule is CCCCCCCCCCCCCCCc1cccc(OC(CC)C(=O)Nc2cccc(C(=O)C(Cl)C(=O)Nc3ccccc3)c2)c1. The lowest BCUT2D eigenvalue weighted by Crippen LogP contribution is -2.33. The lowest BCUT2D eigenvalue weighted by Gasteiger charge is -2.18. The molecule has 0 aliphatic heterocycles. The minimum atomic E-state index is -1.42. The maximum atomic E-state index is 13.2. The fraction of sp³-hybridized carbons (Fsp3) is 0.475. The summed E-state index contributed by atoms with van der Waals surface area (Å²) in [6, 6.07) is 23.2. The Morgan fingerprint density at radius 3 is 1.85 bits per heavy atom. The molecule has 0 heterocycles. The maximum Gasteiger partial charge on any atom is 0.265 e. The Labute approximate surface area is 287 Å². The van der Waals surface area contributed by atoms with Crippen molar-refractivity contribution < 1.29 is 19.1 Å². The van der Waals surface area contributed by atoms with Crippen LogP contribution in [-0.4, -0.2) is 29.1 Å². The molecular weight excluding hydrogens is 608 g/mol. The van der Waals surface area contributed by atoms with E-state index in [1.165, 1.54) is 88.7 Å². The largest absolute Gasteiger partial charge is 0.481 e. The number of carbonyl (C=O) groups is 3. The third-order valence-corrected chi connectivity index (χ3v) is 8.72. The molecule has 0 aliphatic carbocycles. The van der Waals surface area contributed by atoms with Gasteiger partial charge in [-0.05, 0) is 61.2 Å². The van der Waals surface area contributed by atoms with Crippen LogP contribution in [0.3, 0.4) is 0 Å². The molecule has 2 atom stereocenters. The number of anilines is 2. The first-order valence-electron chi connectivity index (χ1n) is 17.6. The molecule has 0 aliphatic rings. The van der Waals surface area contributed by atoms with Crippen molar-refractivity contribution in [2.45, 2.75) is 122 Å². The summed E-state index contributed by atoms with van der Waals surface area (Å²) in [5, 5.41) is 4.08. The summed E-state index contributed by atoms with van der Waals surface area (Å²) >= 11 is 6.22. The van der Waals surface area contributed by atoms with Gasteiger partial charge in [0, 0.05) is 16.9 Å². The number of carbonyl (C=O) groups excluding carboxylic acids is 3. The van der Waals surface area contributed by atoms with Crippen LogP contribution in [0.2, 0.25) is 0 Å². The summed E-state index contributed by atoms with van der Waals surface area (Å²) in [6.45, 7) is 4.16. The average molecular weight is 661 g/mol. The van der Waals surface area contributed by atoms with E-state index in [4.69, 9.17) is 16.3 Å². The van der Waals surface area contributed by atoms with E-state index in [-0.39, 0.29) is 11.5 Å². The highest BCUT2D eigenvalue weighted by Crippen LogP contribution is 2.21. The van der Waals surface area contributed by atoms with Gasteiger partial charge in [0.1, 0.15) is 5.75 Å². The second-order valence-corrected chi connectivity index (χ2v) is 12.7. The second kappa shape index (κ2) is 22.0. The third kappa shape index (κ3) is 14.3. The number of ether oxygens (including phenoxy) is 1. The van der Waals surface area contributed by atoms with Crippen LogP contribution in [-0.2, 0) is 16.0 Å². The standard InChI is InChI=1S/C40H53ClN2O4/c1-3-5-6-7-8-9-10-11-12-13-14-15-17-22-31-23-20-28-35(29-31)47-36(4-2)39(45)43-34-27-21-24-32(30-34)38(44)37(41)40(46)42-33-25-18-16-19-26-33/h16,18-21,23-30,36-37H,3-15,17,22H2,1-2H3,(H,42,46)(H,43,45). The molecule has 0 radical (unpaired) electrons. The number of aryl methyl sites for hydroxylation is 1. The molecule has 2 N–H and O–H groups in total. The normalized spacial score (nSPS) is 12.2. The number of amides is 2. The topological polar surface area (TPSA) is 84.5 Å². The zero-order valence-electron chi connectivity index (χ0n) is 28.3. The van der Waals surface area contributed by atoms with E-state index in [1.54, 1.807) is 42.5 Å². The average Bonchev–Trinajstić information content (AvgIpc) is 3.09. The molecule has 254 valence electrons. The molecule has 0 saturated heterocycles. The molecule has 0 spiro atoms. The van der Waals surface area contributed by atoms with Gasteiger partial charge in [-0.25, -0.2) is 0 Å². The van der Waals surface area contributed by atoms with Gasteiger partial charge in [-0.2, -0.15) is 0 Å². The van der Waals surface area contributed by atoms with E-state index in [1.807, 2.05) is 31.2 Å². The van der Waals surface area contributed by atoms with Crippen LogP contribution in [0.15, 0.2) is 78.9 Å². The number of nitrogens with one attached hydrogen (secondary N) is 2. The number of alkyl halides is 1. The molecule has 2 amide bonds. The van der Waals surface area contributed by atoms with Crippen molar-refractivity contribution in [3.05, 3.63) is 90.0 Å². The van der Waals surface area contributed by atoms with E-state index < -0.39 is 23.2 Å². The molecule has 0 saturated carbocycles. The first kappa shape index (κ1) is 37.8. The van der Waals surface area contributed by atoms with Gasteiger partial charge in [-0.3, -0.25) is 14.4 Å². The summed E-state index contributed by atoms with van der Waals surface area (Å²) < 4.78 is 6.11. The van der Waals surface area contributed by atoms with Crippen LogP contribution in [0.25, 0.3) is 0 Å². The smallest absolute Gasteiger partial charge is 0.265 e. The van der Waals surface area contributed by atoms with Crippen molar-refractivity contribution in [2.24, 2.45) is 0 Å². The summed E-state index contributed by atoms with van der Waals surface area (Å²) in [6.07, 6.45) is 18.1. The molecule has 47 heavy (non-hydrogen) atoms. The van der Waals surface area contributed by atoms with Crippen LogP contribution in [0.5, 0.6) is 5.75 Å². The number of ketones is 1. The van der Waals surface area contributed by atoms with E-state index in [0.29, 0.717) is 23.5 Å². The molecule has 0 fully saturated rings. The third-order valence-electron chi connectivity index (χ3n) is 8.33. The van der Waals surface area contributed by atoms with E-state index in [2.05, 4.69) is 23.6 Å². The van der Waals surface area contributed by atoms with Crippen LogP contribution < -0.4 is 15.4 Å². The van der Waals surface area contributed by atoms with Gasteiger partial charge in [0.2, 0.25) is 5.91 Å². The minimum absolute atomic E-state index is 0.223. The molecule has 3 aromatic rings. The van der Waals surface area contributed by atoms with E-state index in [9.17, 15) is 14.4 Å². The maximum absolute atomic E-state index is 13.2. The number of Topliss-reactive ketones (excluding diaryl/α,β-unsaturated/α-hetero) is 1. The summed E-state index contributed by atoms with van der Waals surface area (Å²) in [7, 11) is 0. The number of halogens is 1. The molecule has 0 aromatic heterocycles. The fourth-order valence-corrected chi connectivity index (χ4v) is 5.75. The zero-order valence-corrected chi connectivity index (χ0v) is 29.0. The van der Waals surface area contributed by atoms with Gasteiger partial charge in [-0.1, -0.05) is 133 Å². The number of unbranched alkanes of at least 4 members (excludes halogenated alkanes) is 12. The predicted octanol–water partition coefficient (Wildman–Crippen LogP) is 10.5. The summed E-state index contributed by atoms with van der Waals surface area (Å²) in [5.74, 6) is -0.825. The van der Waals surface area contributed by atoms with Crippen LogP contribution >= 0.6 is 11.6 Å². The molecule has 7 heteroatoms. The number of para-hydroxylation sites is 1. The number of hydrogen-bond donors (Lipinski definition) is 2. The zero-order chi connectivity index (χ0) is 33.7. The van der Waals surface area contributed by atoms with Crippen molar-refractivity contribution in [3.63, 3.8) is 0 Å². The van der Waals surface area contributed by atoms with Crippen molar-refractivity contribution in [1.82, 2.24) is 0 Å². The Kier molecular flexibility index (Phi) is 17.7.